The molecule has 0 bridgehead atoms. The van der Waals surface area contributed by atoms with Crippen LogP contribution in [0.1, 0.15) is 45.1 Å². The molecule has 3 heterocycles. The lowest BCUT2D eigenvalue weighted by molar-refractivity contribution is 0.436. The van der Waals surface area contributed by atoms with Crippen LogP contribution in [0.4, 0.5) is 0 Å². The molecule has 63 heavy (non-hydrogen) atoms. The molecule has 0 saturated carbocycles. The van der Waals surface area contributed by atoms with E-state index in [4.69, 9.17) is 14.1 Å². The normalized spacial score (nSPS) is 15.4. The summed E-state index contributed by atoms with van der Waals surface area (Å²) < 4.78 is 13.3. The molecule has 1 aromatic heterocycles. The number of allylic oxidation sites excluding steroid dienone is 1. The van der Waals surface area contributed by atoms with Crippen molar-refractivity contribution in [3.05, 3.63) is 257 Å². The van der Waals surface area contributed by atoms with Crippen LogP contribution in [-0.4, -0.2) is 5.71 Å². The third-order valence-electron chi connectivity index (χ3n) is 13.2. The highest BCUT2D eigenvalue weighted by atomic mass is 16.5. The molecule has 296 valence electrons. The SMILES string of the molecule is C1=C(c2ccccc2-c2ccc3c(c2)Oc2ccccc2C32c3ccccc3-c3ccccc32)NC(c2ccccc2)N=C1c1ccc(-c2cccc3c2oc2ccccc23)cc1. The molecule has 1 aliphatic carbocycles. The standard InChI is InChI=1S/C59H38N2O2/c1-2-15-39(16-3-1)58-60-52(38-31-29-37(30-32-38)42-22-14-23-47-46-21-8-12-27-54(46)63-57(42)47)36-53(61-58)45-20-5-4-17-41(45)40-33-34-51-56(35-40)62-55-28-13-11-26-50(55)59(51)48-24-9-6-18-43(48)44-19-7-10-25-49(44)59/h1-36,58,61H. The fraction of sp³-hybridized carbons (Fsp3) is 0.0339. The maximum Gasteiger partial charge on any atom is 0.145 e. The number of benzene rings is 9. The van der Waals surface area contributed by atoms with E-state index in [9.17, 15) is 0 Å². The molecule has 1 N–H and O–H groups in total. The highest BCUT2D eigenvalue weighted by Crippen LogP contribution is 2.62. The van der Waals surface area contributed by atoms with Crippen molar-refractivity contribution in [2.75, 3.05) is 0 Å². The Kier molecular flexibility index (Phi) is 7.85. The summed E-state index contributed by atoms with van der Waals surface area (Å²) in [6.45, 7) is 0. The van der Waals surface area contributed by atoms with Crippen molar-refractivity contribution in [1.29, 1.82) is 0 Å². The van der Waals surface area contributed by atoms with Crippen LogP contribution in [-0.2, 0) is 5.41 Å². The van der Waals surface area contributed by atoms with Crippen molar-refractivity contribution in [1.82, 2.24) is 5.32 Å². The van der Waals surface area contributed by atoms with Gasteiger partial charge in [0.05, 0.1) is 11.1 Å². The lowest BCUT2D eigenvalue weighted by Crippen LogP contribution is -2.32. The van der Waals surface area contributed by atoms with E-state index in [1.807, 2.05) is 18.2 Å². The average molecular weight is 807 g/mol. The Morgan fingerprint density at radius 2 is 1.02 bits per heavy atom. The highest BCUT2D eigenvalue weighted by molar-refractivity contribution is 6.14. The maximum absolute atomic E-state index is 6.92. The Hall–Kier alpha value is -8.21. The van der Waals surface area contributed by atoms with Gasteiger partial charge in [0, 0.05) is 38.7 Å². The van der Waals surface area contributed by atoms with Crippen LogP contribution in [0.5, 0.6) is 11.5 Å². The zero-order chi connectivity index (χ0) is 41.5. The van der Waals surface area contributed by atoms with E-state index >= 15 is 0 Å². The molecular weight excluding hydrogens is 769 g/mol. The van der Waals surface area contributed by atoms with Crippen LogP contribution in [0.2, 0.25) is 0 Å². The van der Waals surface area contributed by atoms with E-state index in [1.165, 1.54) is 22.3 Å². The van der Waals surface area contributed by atoms with Gasteiger partial charge >= 0.3 is 0 Å². The topological polar surface area (TPSA) is 46.8 Å². The Labute approximate surface area is 365 Å². The number of para-hydroxylation sites is 3. The number of hydrogen-bond acceptors (Lipinski definition) is 4. The highest BCUT2D eigenvalue weighted by Gasteiger charge is 2.51. The summed E-state index contributed by atoms with van der Waals surface area (Å²) in [5.41, 5.74) is 18.2. The zero-order valence-electron chi connectivity index (χ0n) is 34.1. The Morgan fingerprint density at radius 1 is 0.429 bits per heavy atom. The van der Waals surface area contributed by atoms with E-state index in [0.29, 0.717) is 0 Å². The molecule has 2 aliphatic heterocycles. The van der Waals surface area contributed by atoms with E-state index in [-0.39, 0.29) is 6.17 Å². The first-order valence-electron chi connectivity index (χ1n) is 21.6. The first-order valence-corrected chi connectivity index (χ1v) is 21.6. The van der Waals surface area contributed by atoms with E-state index in [0.717, 1.165) is 94.9 Å². The van der Waals surface area contributed by atoms with Gasteiger partial charge in [-0.3, -0.25) is 4.99 Å². The number of furan rings is 1. The van der Waals surface area contributed by atoms with Gasteiger partial charge in [-0.05, 0) is 74.3 Å². The van der Waals surface area contributed by atoms with Crippen molar-refractivity contribution >= 4 is 33.3 Å². The molecule has 1 atom stereocenters. The first-order chi connectivity index (χ1) is 31.2. The monoisotopic (exact) mass is 806 g/mol. The summed E-state index contributed by atoms with van der Waals surface area (Å²) in [5.74, 6) is 1.74. The molecule has 1 unspecified atom stereocenters. The van der Waals surface area contributed by atoms with E-state index < -0.39 is 5.41 Å². The first kappa shape index (κ1) is 35.5. The molecule has 0 saturated heterocycles. The number of rotatable bonds is 5. The summed E-state index contributed by atoms with van der Waals surface area (Å²) in [7, 11) is 0. The second-order valence-corrected chi connectivity index (χ2v) is 16.6. The van der Waals surface area contributed by atoms with Crippen LogP contribution >= 0.6 is 0 Å². The van der Waals surface area contributed by atoms with Gasteiger partial charge in [0.2, 0.25) is 0 Å². The minimum atomic E-state index is -0.509. The van der Waals surface area contributed by atoms with Crippen LogP contribution in [0, 0.1) is 0 Å². The number of hydrogen-bond donors (Lipinski definition) is 1. The second-order valence-electron chi connectivity index (χ2n) is 16.6. The van der Waals surface area contributed by atoms with E-state index in [2.05, 4.69) is 206 Å². The molecular formula is C59H38N2O2. The largest absolute Gasteiger partial charge is 0.457 e. The zero-order valence-corrected chi connectivity index (χ0v) is 34.1. The number of aliphatic imine (C=N–C) groups is 1. The molecule has 1 spiro atoms. The lowest BCUT2D eigenvalue weighted by Gasteiger charge is -2.39. The Morgan fingerprint density at radius 3 is 1.81 bits per heavy atom. The fourth-order valence-electron chi connectivity index (χ4n) is 10.4. The van der Waals surface area contributed by atoms with Crippen molar-refractivity contribution in [2.24, 2.45) is 4.99 Å². The number of fused-ring (bicyclic) bond motifs is 12. The molecule has 10 aromatic rings. The van der Waals surface area contributed by atoms with Gasteiger partial charge in [-0.2, -0.15) is 0 Å². The molecule has 4 heteroatoms. The van der Waals surface area contributed by atoms with Gasteiger partial charge in [0.1, 0.15) is 28.8 Å². The van der Waals surface area contributed by atoms with Gasteiger partial charge in [-0.1, -0.05) is 194 Å². The van der Waals surface area contributed by atoms with Crippen molar-refractivity contribution in [3.8, 4) is 44.9 Å². The van der Waals surface area contributed by atoms with Gasteiger partial charge in [0.25, 0.3) is 0 Å². The molecule has 0 amide bonds. The van der Waals surface area contributed by atoms with Gasteiger partial charge in [-0.15, -0.1) is 0 Å². The fourth-order valence-corrected chi connectivity index (χ4v) is 10.4. The lowest BCUT2D eigenvalue weighted by atomic mass is 9.66. The third-order valence-corrected chi connectivity index (χ3v) is 13.2. The third kappa shape index (κ3) is 5.38. The minimum Gasteiger partial charge on any atom is -0.457 e. The molecule has 0 radical (unpaired) electrons. The minimum absolute atomic E-state index is 0.288. The van der Waals surface area contributed by atoms with Crippen molar-refractivity contribution in [2.45, 2.75) is 11.6 Å². The van der Waals surface area contributed by atoms with Crippen LogP contribution < -0.4 is 10.1 Å². The van der Waals surface area contributed by atoms with Crippen LogP contribution in [0.15, 0.2) is 228 Å². The van der Waals surface area contributed by atoms with Crippen molar-refractivity contribution < 1.29 is 9.15 Å². The summed E-state index contributed by atoms with van der Waals surface area (Å²) in [6.07, 6.45) is 1.91. The van der Waals surface area contributed by atoms with Gasteiger partial charge < -0.3 is 14.5 Å². The summed E-state index contributed by atoms with van der Waals surface area (Å²) in [4.78, 5) is 5.33. The van der Waals surface area contributed by atoms with Gasteiger partial charge in [0.15, 0.2) is 0 Å². The summed E-state index contributed by atoms with van der Waals surface area (Å²) >= 11 is 0. The Balaban J connectivity index is 0.921. The van der Waals surface area contributed by atoms with Crippen LogP contribution in [0.25, 0.3) is 61.0 Å². The molecule has 4 nitrogen and oxygen atoms in total. The van der Waals surface area contributed by atoms with Crippen molar-refractivity contribution in [3.63, 3.8) is 0 Å². The summed E-state index contributed by atoms with van der Waals surface area (Å²) in [6, 6.07) is 75.5. The molecule has 9 aromatic carbocycles. The molecule has 0 fully saturated rings. The van der Waals surface area contributed by atoms with E-state index in [1.54, 1.807) is 0 Å². The van der Waals surface area contributed by atoms with Gasteiger partial charge in [-0.25, -0.2) is 0 Å². The molecule has 3 aliphatic rings. The summed E-state index contributed by atoms with van der Waals surface area (Å²) in [5, 5.41) is 6.08. The second kappa shape index (κ2) is 13.9. The predicted molar refractivity (Wildman–Crippen MR) is 255 cm³/mol. The predicted octanol–water partition coefficient (Wildman–Crippen LogP) is 14.5. The number of ether oxygens (including phenoxy) is 1. The molecule has 13 rings (SSSR count). The van der Waals surface area contributed by atoms with Crippen LogP contribution in [0.3, 0.4) is 0 Å². The maximum atomic E-state index is 6.92. The average Bonchev–Trinajstić information content (AvgIpc) is 3.88. The number of nitrogens with one attached hydrogen (secondary N) is 1. The smallest absolute Gasteiger partial charge is 0.145 e. The Bertz CT molecular complexity index is 3480. The number of nitrogens with zero attached hydrogens (tertiary/aromatic N) is 1. The quantitative estimate of drug-likeness (QED) is 0.188.